The van der Waals surface area contributed by atoms with E-state index >= 15 is 0 Å². The van der Waals surface area contributed by atoms with Crippen LogP contribution in [-0.2, 0) is 46.2 Å². The maximum absolute atomic E-state index is 10.7. The highest BCUT2D eigenvalue weighted by atomic mass is 32.2. The molecule has 53 heavy (non-hydrogen) atoms. The van der Waals surface area contributed by atoms with Crippen LogP contribution in [0, 0.1) is 0 Å². The zero-order chi connectivity index (χ0) is 38.3. The maximum Gasteiger partial charge on any atom is 0.485 e. The molecule has 17 heteroatoms. The van der Waals surface area contributed by atoms with Gasteiger partial charge in [-0.05, 0) is 28.8 Å². The van der Waals surface area contributed by atoms with Gasteiger partial charge in [-0.2, -0.15) is 35.5 Å². The Labute approximate surface area is 298 Å². The average Bonchev–Trinajstić information content (AvgIpc) is 3.48. The number of aromatic nitrogens is 2. The van der Waals surface area contributed by atoms with Crippen LogP contribution < -0.4 is 9.13 Å². The van der Waals surface area contributed by atoms with E-state index in [-0.39, 0.29) is 0 Å². The van der Waals surface area contributed by atoms with Gasteiger partial charge in [-0.15, -0.1) is 0 Å². The van der Waals surface area contributed by atoms with Gasteiger partial charge in [0.05, 0.1) is 11.1 Å². The van der Waals surface area contributed by atoms with Gasteiger partial charge in [0.15, 0.2) is 45.7 Å². The molecule has 0 atom stereocenters. The van der Waals surface area contributed by atoms with Crippen molar-refractivity contribution in [3.05, 3.63) is 120 Å². The molecule has 0 unspecified atom stereocenters. The molecule has 9 nitrogen and oxygen atoms in total. The smallest absolute Gasteiger partial charge is 0.485 e. The quantitative estimate of drug-likeness (QED) is 0.0810. The van der Waals surface area contributed by atoms with Crippen molar-refractivity contribution in [2.24, 2.45) is 0 Å². The SMILES string of the molecule is C(=Cc1cccc2c1oc1ccccc12)c1cc[n+]2c(c1)-c1c(ccc3c1-c1cccc[n+]1CC3)CC2.O=S(=O)([O-])C(F)(F)F.O=S(=O)([O-])C(F)(F)F. The number of hydrogen-bond acceptors (Lipinski definition) is 7. The molecule has 3 aromatic carbocycles. The van der Waals surface area contributed by atoms with Gasteiger partial charge in [0.2, 0.25) is 11.4 Å². The third kappa shape index (κ3) is 7.83. The number of pyridine rings is 2. The van der Waals surface area contributed by atoms with Gasteiger partial charge in [0, 0.05) is 53.4 Å². The number of fused-ring (bicyclic) bond motifs is 10. The minimum Gasteiger partial charge on any atom is -0.741 e. The fourth-order valence-corrected chi connectivity index (χ4v) is 6.22. The topological polar surface area (TPSA) is 135 Å². The molecule has 2 aliphatic heterocycles. The lowest BCUT2D eigenvalue weighted by molar-refractivity contribution is -0.689. The second-order valence-electron chi connectivity index (χ2n) is 11.9. The number of nitrogens with zero attached hydrogens (tertiary/aromatic N) is 2. The standard InChI is InChI=1S/C34H26N2O.2CHF3O3S/c1-2-10-31-27(7-1)28-8-5-6-26(34(28)37-31)12-11-23-15-19-36-21-17-25-14-13-24-16-20-35-18-4-3-9-29(35)32(24)33(25)30(36)22-23;2*2-1(3,4)8(5,6)7/h1-15,18-19,22H,16-17,20-21H2;2*(H,5,6,7)/q+2;;/p-2. The highest BCUT2D eigenvalue weighted by molar-refractivity contribution is 7.86. The number of furan rings is 1. The molecule has 8 rings (SSSR count). The average molecular weight is 777 g/mol. The van der Waals surface area contributed by atoms with E-state index in [1.807, 2.05) is 12.1 Å². The highest BCUT2D eigenvalue weighted by Crippen LogP contribution is 2.39. The minimum absolute atomic E-state index is 0.933. The van der Waals surface area contributed by atoms with Crippen molar-refractivity contribution in [1.82, 2.24) is 0 Å². The molecule has 0 radical (unpaired) electrons. The lowest BCUT2D eigenvalue weighted by atomic mass is 9.85. The number of benzene rings is 3. The summed E-state index contributed by atoms with van der Waals surface area (Å²) in [5.74, 6) is 0. The normalized spacial score (nSPS) is 14.0. The van der Waals surface area contributed by atoms with Gasteiger partial charge in [0.25, 0.3) is 0 Å². The molecule has 0 bridgehead atoms. The Hall–Kier alpha value is -5.10. The maximum atomic E-state index is 10.7. The second kappa shape index (κ2) is 14.0. The molecule has 0 saturated heterocycles. The molecular formula is C36H26F6N2O7S2. The summed E-state index contributed by atoms with van der Waals surface area (Å²) in [5.41, 5.74) is 1.22. The van der Waals surface area contributed by atoms with Crippen molar-refractivity contribution in [3.63, 3.8) is 0 Å². The lowest BCUT2D eigenvalue weighted by Gasteiger charge is -2.22. The van der Waals surface area contributed by atoms with Gasteiger partial charge in [-0.3, -0.25) is 0 Å². The largest absolute Gasteiger partial charge is 0.741 e. The van der Waals surface area contributed by atoms with E-state index in [1.54, 1.807) is 0 Å². The lowest BCUT2D eigenvalue weighted by Crippen LogP contribution is -2.43. The number of halogens is 6. The first-order chi connectivity index (χ1) is 24.8. The summed E-state index contributed by atoms with van der Waals surface area (Å²) in [6, 6.07) is 30.5. The Bertz CT molecular complexity index is 2580. The molecule has 6 aromatic rings. The van der Waals surface area contributed by atoms with E-state index in [4.69, 9.17) is 30.4 Å². The fourth-order valence-electron chi connectivity index (χ4n) is 6.22. The van der Waals surface area contributed by atoms with Crippen molar-refractivity contribution in [2.45, 2.75) is 36.9 Å². The summed E-state index contributed by atoms with van der Waals surface area (Å²) in [5, 5.41) is 2.33. The number of hydrogen-bond donors (Lipinski definition) is 0. The molecule has 3 aromatic heterocycles. The van der Waals surface area contributed by atoms with Gasteiger partial charge in [0.1, 0.15) is 11.2 Å². The van der Waals surface area contributed by atoms with E-state index in [0.29, 0.717) is 0 Å². The van der Waals surface area contributed by atoms with Crippen LogP contribution >= 0.6 is 0 Å². The predicted octanol–water partition coefficient (Wildman–Crippen LogP) is 6.88. The van der Waals surface area contributed by atoms with E-state index in [2.05, 4.69) is 106 Å². The molecule has 276 valence electrons. The molecule has 0 aliphatic carbocycles. The van der Waals surface area contributed by atoms with E-state index in [9.17, 15) is 26.3 Å². The third-order valence-corrected chi connectivity index (χ3v) is 9.73. The van der Waals surface area contributed by atoms with Gasteiger partial charge in [-0.1, -0.05) is 60.7 Å². The minimum atomic E-state index is -6.09. The predicted molar refractivity (Wildman–Crippen MR) is 179 cm³/mol. The molecule has 0 fully saturated rings. The third-order valence-electron chi connectivity index (χ3n) is 8.59. The van der Waals surface area contributed by atoms with Crippen LogP contribution in [0.3, 0.4) is 0 Å². The Kier molecular flexibility index (Phi) is 9.97. The summed E-state index contributed by atoms with van der Waals surface area (Å²) in [7, 11) is -12.2. The van der Waals surface area contributed by atoms with Crippen LogP contribution in [-0.4, -0.2) is 37.0 Å². The fraction of sp³-hybridized carbons (Fsp3) is 0.167. The Morgan fingerprint density at radius 3 is 1.79 bits per heavy atom. The number of alkyl halides is 6. The zero-order valence-electron chi connectivity index (χ0n) is 27.1. The van der Waals surface area contributed by atoms with Crippen molar-refractivity contribution < 1.29 is 65.8 Å². The van der Waals surface area contributed by atoms with Crippen LogP contribution in [0.5, 0.6) is 0 Å². The number of para-hydroxylation sites is 2. The van der Waals surface area contributed by atoms with Gasteiger partial charge < -0.3 is 13.5 Å². The van der Waals surface area contributed by atoms with Crippen molar-refractivity contribution in [2.75, 3.05) is 0 Å². The van der Waals surface area contributed by atoms with Crippen LogP contribution in [0.1, 0.15) is 22.3 Å². The van der Waals surface area contributed by atoms with Crippen LogP contribution in [0.15, 0.2) is 102 Å². The molecule has 0 N–H and O–H groups in total. The van der Waals surface area contributed by atoms with Gasteiger partial charge >= 0.3 is 11.0 Å². The van der Waals surface area contributed by atoms with Crippen molar-refractivity contribution in [1.29, 1.82) is 0 Å². The molecule has 5 heterocycles. The molecular weight excluding hydrogens is 751 g/mol. The molecule has 2 aliphatic rings. The summed E-state index contributed by atoms with van der Waals surface area (Å²) in [4.78, 5) is 0. The van der Waals surface area contributed by atoms with E-state index in [1.165, 1.54) is 39.2 Å². The summed E-state index contributed by atoms with van der Waals surface area (Å²) >= 11 is 0. The first kappa shape index (κ1) is 37.7. The number of aryl methyl sites for hydroxylation is 4. The van der Waals surface area contributed by atoms with Crippen molar-refractivity contribution >= 4 is 54.3 Å². The molecule has 0 saturated carbocycles. The first-order valence-corrected chi connectivity index (χ1v) is 18.5. The summed E-state index contributed by atoms with van der Waals surface area (Å²) in [6.07, 6.45) is 11.0. The Morgan fingerprint density at radius 1 is 0.623 bits per heavy atom. The van der Waals surface area contributed by atoms with E-state index in [0.717, 1.165) is 53.4 Å². The Balaban J connectivity index is 0.000000254. The molecule has 0 amide bonds. The molecule has 0 spiro atoms. The van der Waals surface area contributed by atoms with Crippen molar-refractivity contribution in [3.8, 4) is 22.5 Å². The number of rotatable bonds is 2. The summed E-state index contributed by atoms with van der Waals surface area (Å²) < 4.78 is 129. The first-order valence-electron chi connectivity index (χ1n) is 15.6. The van der Waals surface area contributed by atoms with Crippen LogP contribution in [0.4, 0.5) is 26.3 Å². The van der Waals surface area contributed by atoms with Gasteiger partial charge in [-0.25, -0.2) is 16.8 Å². The summed E-state index contributed by atoms with van der Waals surface area (Å²) in [6.45, 7) is 2.05. The zero-order valence-corrected chi connectivity index (χ0v) is 28.7. The Morgan fingerprint density at radius 2 is 1.17 bits per heavy atom. The second-order valence-corrected chi connectivity index (χ2v) is 14.6. The van der Waals surface area contributed by atoms with Crippen LogP contribution in [0.25, 0.3) is 56.6 Å². The van der Waals surface area contributed by atoms with Crippen LogP contribution in [0.2, 0.25) is 0 Å². The monoisotopic (exact) mass is 776 g/mol. The highest BCUT2D eigenvalue weighted by Gasteiger charge is 2.38. The van der Waals surface area contributed by atoms with E-state index < -0.39 is 31.3 Å².